The van der Waals surface area contributed by atoms with Crippen molar-refractivity contribution in [1.29, 1.82) is 0 Å². The molecule has 0 atom stereocenters. The minimum atomic E-state index is -0.613. The van der Waals surface area contributed by atoms with Crippen LogP contribution in [0.1, 0.15) is 21.5 Å². The van der Waals surface area contributed by atoms with Crippen LogP contribution in [0.5, 0.6) is 5.75 Å². The third-order valence-corrected chi connectivity index (χ3v) is 6.24. The predicted octanol–water partition coefficient (Wildman–Crippen LogP) is 5.19. The maximum absolute atomic E-state index is 13.2. The third-order valence-electron chi connectivity index (χ3n) is 5.21. The SMILES string of the molecule is COC(=O)c1ccc(COc2cccc(C=C3C(=O)NC(=S)N(c4ccc(Cl)c(Cl)c4)C3=O)c2)cc1. The summed E-state index contributed by atoms with van der Waals surface area (Å²) in [7, 11) is 1.32. The standard InChI is InChI=1S/C26H18Cl2N2O5S/c1-34-25(33)17-7-5-15(6-8-17)14-35-19-4-2-3-16(11-19)12-20-23(31)29-26(36)30(24(20)32)18-9-10-21(27)22(28)13-18/h2-13H,14H2,1H3,(H,29,31,36). The van der Waals surface area contributed by atoms with Gasteiger partial charge >= 0.3 is 5.97 Å². The van der Waals surface area contributed by atoms with Crippen molar-refractivity contribution in [2.24, 2.45) is 0 Å². The molecule has 0 saturated carbocycles. The number of hydrogen-bond donors (Lipinski definition) is 1. The van der Waals surface area contributed by atoms with Crippen molar-refractivity contribution in [2.45, 2.75) is 6.61 Å². The van der Waals surface area contributed by atoms with E-state index >= 15 is 0 Å². The molecule has 1 N–H and O–H groups in total. The van der Waals surface area contributed by atoms with E-state index in [1.54, 1.807) is 60.7 Å². The second-order valence-corrected chi connectivity index (χ2v) is 8.81. The van der Waals surface area contributed by atoms with E-state index in [2.05, 4.69) is 5.32 Å². The number of hydrogen-bond acceptors (Lipinski definition) is 6. The lowest BCUT2D eigenvalue weighted by Crippen LogP contribution is -2.54. The fourth-order valence-electron chi connectivity index (χ4n) is 3.40. The van der Waals surface area contributed by atoms with Gasteiger partial charge in [-0.2, -0.15) is 0 Å². The van der Waals surface area contributed by atoms with Gasteiger partial charge in [-0.25, -0.2) is 4.79 Å². The monoisotopic (exact) mass is 540 g/mol. The minimum Gasteiger partial charge on any atom is -0.489 e. The Morgan fingerprint density at radius 1 is 1.03 bits per heavy atom. The first-order valence-corrected chi connectivity index (χ1v) is 11.7. The summed E-state index contributed by atoms with van der Waals surface area (Å²) in [4.78, 5) is 38.5. The van der Waals surface area contributed by atoms with Gasteiger partial charge in [-0.3, -0.25) is 19.8 Å². The number of carbonyl (C=O) groups excluding carboxylic acids is 3. The van der Waals surface area contributed by atoms with E-state index in [1.807, 2.05) is 0 Å². The molecule has 0 aromatic heterocycles. The Hall–Kier alpha value is -3.72. The number of halogens is 2. The van der Waals surface area contributed by atoms with Crippen molar-refractivity contribution < 1.29 is 23.9 Å². The van der Waals surface area contributed by atoms with Crippen molar-refractivity contribution in [2.75, 3.05) is 12.0 Å². The summed E-state index contributed by atoms with van der Waals surface area (Å²) in [5.74, 6) is -1.10. The maximum Gasteiger partial charge on any atom is 0.337 e. The molecule has 182 valence electrons. The van der Waals surface area contributed by atoms with Gasteiger partial charge in [0.15, 0.2) is 5.11 Å². The summed E-state index contributed by atoms with van der Waals surface area (Å²) in [6.45, 7) is 0.250. The molecule has 0 unspecified atom stereocenters. The number of methoxy groups -OCH3 is 1. The molecule has 0 radical (unpaired) electrons. The third kappa shape index (κ3) is 5.57. The zero-order valence-corrected chi connectivity index (χ0v) is 21.1. The van der Waals surface area contributed by atoms with Gasteiger partial charge in [0.2, 0.25) is 0 Å². The van der Waals surface area contributed by atoms with Crippen LogP contribution in [-0.2, 0) is 20.9 Å². The second kappa shape index (κ2) is 10.9. The largest absolute Gasteiger partial charge is 0.489 e. The van der Waals surface area contributed by atoms with Crippen molar-refractivity contribution >= 4 is 70.1 Å². The van der Waals surface area contributed by atoms with Crippen LogP contribution in [0.2, 0.25) is 10.0 Å². The number of anilines is 1. The Kier molecular flexibility index (Phi) is 7.69. The Balaban J connectivity index is 1.53. The number of benzene rings is 3. The molecule has 1 aliphatic rings. The normalized spacial score (nSPS) is 14.6. The van der Waals surface area contributed by atoms with Gasteiger partial charge in [0.1, 0.15) is 17.9 Å². The van der Waals surface area contributed by atoms with Crippen LogP contribution < -0.4 is 15.0 Å². The smallest absolute Gasteiger partial charge is 0.337 e. The molecule has 0 aliphatic carbocycles. The molecule has 2 amide bonds. The summed E-state index contributed by atoms with van der Waals surface area (Å²) in [5, 5.41) is 3.04. The van der Waals surface area contributed by atoms with Crippen LogP contribution in [0.3, 0.4) is 0 Å². The molecule has 1 aliphatic heterocycles. The zero-order chi connectivity index (χ0) is 25.8. The summed E-state index contributed by atoms with van der Waals surface area (Å²) >= 11 is 17.3. The molecule has 4 rings (SSSR count). The molecule has 7 nitrogen and oxygen atoms in total. The average Bonchev–Trinajstić information content (AvgIpc) is 2.87. The van der Waals surface area contributed by atoms with Crippen molar-refractivity contribution in [3.8, 4) is 5.75 Å². The molecule has 10 heteroatoms. The Bertz CT molecular complexity index is 1410. The molecule has 1 heterocycles. The molecule has 1 fully saturated rings. The van der Waals surface area contributed by atoms with Gasteiger partial charge in [-0.1, -0.05) is 47.5 Å². The average molecular weight is 541 g/mol. The highest BCUT2D eigenvalue weighted by Crippen LogP contribution is 2.29. The van der Waals surface area contributed by atoms with E-state index in [-0.39, 0.29) is 22.3 Å². The van der Waals surface area contributed by atoms with Gasteiger partial charge in [0, 0.05) is 0 Å². The molecular formula is C26H18Cl2N2O5S. The molecule has 36 heavy (non-hydrogen) atoms. The summed E-state index contributed by atoms with van der Waals surface area (Å²) in [6, 6.07) is 18.4. The highest BCUT2D eigenvalue weighted by molar-refractivity contribution is 7.80. The van der Waals surface area contributed by atoms with Crippen LogP contribution in [-0.4, -0.2) is 30.0 Å². The second-order valence-electron chi connectivity index (χ2n) is 7.61. The number of ether oxygens (including phenoxy) is 2. The summed E-state index contributed by atoms with van der Waals surface area (Å²) in [5.41, 5.74) is 2.14. The fraction of sp³-hybridized carbons (Fsp3) is 0.0769. The fourth-order valence-corrected chi connectivity index (χ4v) is 3.97. The predicted molar refractivity (Wildman–Crippen MR) is 141 cm³/mol. The number of amides is 2. The van der Waals surface area contributed by atoms with Crippen molar-refractivity contribution in [3.63, 3.8) is 0 Å². The Morgan fingerprint density at radius 3 is 2.47 bits per heavy atom. The van der Waals surface area contributed by atoms with Crippen LogP contribution in [0.15, 0.2) is 72.3 Å². The number of thiocarbonyl (C=S) groups is 1. The highest BCUT2D eigenvalue weighted by atomic mass is 35.5. The lowest BCUT2D eigenvalue weighted by Gasteiger charge is -2.29. The quantitative estimate of drug-likeness (QED) is 0.200. The van der Waals surface area contributed by atoms with E-state index < -0.39 is 17.8 Å². The van der Waals surface area contributed by atoms with Gasteiger partial charge in [-0.15, -0.1) is 0 Å². The van der Waals surface area contributed by atoms with Crippen LogP contribution >= 0.6 is 35.4 Å². The van der Waals surface area contributed by atoms with E-state index in [0.717, 1.165) is 5.56 Å². The maximum atomic E-state index is 13.2. The van der Waals surface area contributed by atoms with E-state index in [9.17, 15) is 14.4 Å². The zero-order valence-electron chi connectivity index (χ0n) is 18.8. The lowest BCUT2D eigenvalue weighted by molar-refractivity contribution is -0.122. The van der Waals surface area contributed by atoms with Gasteiger partial charge < -0.3 is 9.47 Å². The topological polar surface area (TPSA) is 84.9 Å². The van der Waals surface area contributed by atoms with E-state index in [4.69, 9.17) is 44.9 Å². The van der Waals surface area contributed by atoms with Crippen molar-refractivity contribution in [1.82, 2.24) is 5.32 Å². The molecule has 3 aromatic rings. The number of rotatable bonds is 6. The highest BCUT2D eigenvalue weighted by Gasteiger charge is 2.34. The van der Waals surface area contributed by atoms with Gasteiger partial charge in [0.25, 0.3) is 11.8 Å². The molecule has 0 spiro atoms. The first kappa shape index (κ1) is 25.4. The minimum absolute atomic E-state index is 0.0594. The first-order valence-electron chi connectivity index (χ1n) is 10.5. The Labute approximate surface area is 222 Å². The van der Waals surface area contributed by atoms with Gasteiger partial charge in [0.05, 0.1) is 28.4 Å². The summed E-state index contributed by atoms with van der Waals surface area (Å²) < 4.78 is 10.5. The molecule has 3 aromatic carbocycles. The van der Waals surface area contributed by atoms with Crippen molar-refractivity contribution in [3.05, 3.63) is 99.0 Å². The van der Waals surface area contributed by atoms with E-state index in [1.165, 1.54) is 24.2 Å². The number of carbonyl (C=O) groups is 3. The van der Waals surface area contributed by atoms with Crippen LogP contribution in [0.25, 0.3) is 6.08 Å². The van der Waals surface area contributed by atoms with Crippen LogP contribution in [0.4, 0.5) is 5.69 Å². The lowest BCUT2D eigenvalue weighted by atomic mass is 10.1. The summed E-state index contributed by atoms with van der Waals surface area (Å²) in [6.07, 6.45) is 1.46. The van der Waals surface area contributed by atoms with Gasteiger partial charge in [-0.05, 0) is 71.9 Å². The van der Waals surface area contributed by atoms with Crippen LogP contribution in [0, 0.1) is 0 Å². The first-order chi connectivity index (χ1) is 17.3. The molecule has 1 saturated heterocycles. The number of esters is 1. The van der Waals surface area contributed by atoms with E-state index in [0.29, 0.717) is 27.6 Å². The number of nitrogens with one attached hydrogen (secondary N) is 1. The number of nitrogens with zero attached hydrogens (tertiary/aromatic N) is 1. The Morgan fingerprint density at radius 2 is 1.78 bits per heavy atom. The molecule has 0 bridgehead atoms. The molecular weight excluding hydrogens is 523 g/mol.